The molecule has 0 radical (unpaired) electrons. The topological polar surface area (TPSA) is 76.4 Å². The van der Waals surface area contributed by atoms with Crippen molar-refractivity contribution in [2.75, 3.05) is 20.3 Å². The lowest BCUT2D eigenvalue weighted by Crippen LogP contribution is -2.19. The molecule has 3 aromatic carbocycles. The molecule has 1 saturated carbocycles. The number of phenolic OH excluding ortho intramolecular Hbond substituents is 1. The monoisotopic (exact) mass is 607 g/mol. The van der Waals surface area contributed by atoms with Crippen LogP contribution in [0.4, 0.5) is 0 Å². The molecule has 45 heavy (non-hydrogen) atoms. The van der Waals surface area contributed by atoms with Gasteiger partial charge in [0.05, 0.1) is 17.5 Å². The Morgan fingerprint density at radius 1 is 1.07 bits per heavy atom. The predicted molar refractivity (Wildman–Crippen MR) is 185 cm³/mol. The fourth-order valence-electron chi connectivity index (χ4n) is 6.54. The zero-order valence-corrected chi connectivity index (χ0v) is 27.4. The summed E-state index contributed by atoms with van der Waals surface area (Å²) in [4.78, 5) is 13.1. The number of methoxy groups -OCH3 is 1. The molecule has 1 heterocycles. The molecule has 1 aliphatic carbocycles. The summed E-state index contributed by atoms with van der Waals surface area (Å²) in [6, 6.07) is 20.8. The smallest absolute Gasteiger partial charge is 0.162 e. The molecule has 6 nitrogen and oxygen atoms in total. The molecule has 1 atom stereocenters. The van der Waals surface area contributed by atoms with Crippen LogP contribution >= 0.6 is 0 Å². The van der Waals surface area contributed by atoms with Crippen LogP contribution in [0.25, 0.3) is 27.7 Å². The second-order valence-corrected chi connectivity index (χ2v) is 13.3. The first-order valence-electron chi connectivity index (χ1n) is 16.6. The highest BCUT2D eigenvalue weighted by Crippen LogP contribution is 2.47. The van der Waals surface area contributed by atoms with Gasteiger partial charge in [-0.15, -0.1) is 0 Å². The third-order valence-corrected chi connectivity index (χ3v) is 9.60. The number of aromatic hydroxyl groups is 1. The van der Waals surface area contributed by atoms with Gasteiger partial charge in [-0.3, -0.25) is 9.48 Å². The number of carbonyl (C=O) groups excluding carboxylic acids is 1. The Bertz CT molecular complexity index is 1600. The molecule has 0 spiro atoms. The summed E-state index contributed by atoms with van der Waals surface area (Å²) in [7, 11) is 1.65. The van der Waals surface area contributed by atoms with Gasteiger partial charge < -0.3 is 15.2 Å². The molecular weight excluding hydrogens is 558 g/mol. The van der Waals surface area contributed by atoms with Gasteiger partial charge in [0.15, 0.2) is 5.78 Å². The Morgan fingerprint density at radius 3 is 2.40 bits per heavy atom. The van der Waals surface area contributed by atoms with Crippen molar-refractivity contribution in [1.82, 2.24) is 15.1 Å². The fourth-order valence-corrected chi connectivity index (χ4v) is 6.54. The first kappa shape index (κ1) is 32.5. The zero-order chi connectivity index (χ0) is 32.0. The number of benzene rings is 3. The molecule has 238 valence electrons. The normalized spacial score (nSPS) is 14.0. The van der Waals surface area contributed by atoms with Crippen molar-refractivity contribution < 1.29 is 14.6 Å². The van der Waals surface area contributed by atoms with E-state index in [2.05, 4.69) is 69.1 Å². The number of nitrogens with one attached hydrogen (secondary N) is 1. The van der Waals surface area contributed by atoms with Crippen LogP contribution < -0.4 is 5.32 Å². The number of nitrogens with zero attached hydrogens (tertiary/aromatic N) is 2. The van der Waals surface area contributed by atoms with E-state index in [1.807, 2.05) is 35.1 Å². The number of ether oxygens (including phenoxy) is 1. The SMILES string of the molecule is C=C(NCCOC)c1ccc2nn(CC(CCC)CCCC(=O)c3ccc(-c4ccc(C(C)(C)C5CC5)cc4)cc3)cc2c1O. The Balaban J connectivity index is 1.15. The second kappa shape index (κ2) is 14.5. The number of Topliss-reactive ketones (excluding diaryl/α,β-unsaturated/α-hetero) is 1. The molecule has 5 rings (SSSR count). The Morgan fingerprint density at radius 2 is 1.76 bits per heavy atom. The summed E-state index contributed by atoms with van der Waals surface area (Å²) < 4.78 is 7.03. The van der Waals surface area contributed by atoms with Crippen molar-refractivity contribution in [2.45, 2.75) is 77.7 Å². The predicted octanol–water partition coefficient (Wildman–Crippen LogP) is 8.77. The third kappa shape index (κ3) is 7.85. The summed E-state index contributed by atoms with van der Waals surface area (Å²) in [5, 5.41) is 19.6. The lowest BCUT2D eigenvalue weighted by atomic mass is 9.79. The first-order valence-corrected chi connectivity index (χ1v) is 16.6. The fraction of sp³-hybridized carbons (Fsp3) is 0.436. The highest BCUT2D eigenvalue weighted by molar-refractivity contribution is 5.96. The van der Waals surface area contributed by atoms with Crippen molar-refractivity contribution >= 4 is 22.4 Å². The summed E-state index contributed by atoms with van der Waals surface area (Å²) in [5.74, 6) is 1.59. The average molecular weight is 608 g/mol. The molecule has 1 fully saturated rings. The maximum atomic E-state index is 13.1. The molecule has 6 heteroatoms. The summed E-state index contributed by atoms with van der Waals surface area (Å²) >= 11 is 0. The number of ketones is 1. The summed E-state index contributed by atoms with van der Waals surface area (Å²) in [6.07, 6.45) is 9.06. The molecular formula is C39H49N3O3. The van der Waals surface area contributed by atoms with Gasteiger partial charge in [0, 0.05) is 49.6 Å². The average Bonchev–Trinajstić information content (AvgIpc) is 3.83. The number of rotatable bonds is 17. The van der Waals surface area contributed by atoms with Gasteiger partial charge in [0.25, 0.3) is 0 Å². The minimum atomic E-state index is 0.187. The zero-order valence-electron chi connectivity index (χ0n) is 27.4. The van der Waals surface area contributed by atoms with E-state index in [1.165, 1.54) is 24.0 Å². The van der Waals surface area contributed by atoms with Gasteiger partial charge in [0.1, 0.15) is 5.75 Å². The van der Waals surface area contributed by atoms with Crippen LogP contribution in [0.15, 0.2) is 73.4 Å². The molecule has 4 aromatic rings. The van der Waals surface area contributed by atoms with Gasteiger partial charge >= 0.3 is 0 Å². The van der Waals surface area contributed by atoms with Crippen LogP contribution in [0, 0.1) is 11.8 Å². The quantitative estimate of drug-likeness (QED) is 0.0927. The molecule has 2 N–H and O–H groups in total. The Kier molecular flexibility index (Phi) is 10.4. The van der Waals surface area contributed by atoms with Crippen LogP contribution in [-0.2, 0) is 16.7 Å². The second-order valence-electron chi connectivity index (χ2n) is 13.3. The highest BCUT2D eigenvalue weighted by atomic mass is 16.5. The van der Waals surface area contributed by atoms with E-state index >= 15 is 0 Å². The van der Waals surface area contributed by atoms with Gasteiger partial charge in [-0.05, 0) is 78.2 Å². The number of hydrogen-bond donors (Lipinski definition) is 2. The molecule has 0 aliphatic heterocycles. The lowest BCUT2D eigenvalue weighted by Gasteiger charge is -2.25. The maximum absolute atomic E-state index is 13.1. The molecule has 1 unspecified atom stereocenters. The highest BCUT2D eigenvalue weighted by Gasteiger charge is 2.38. The number of aromatic nitrogens is 2. The van der Waals surface area contributed by atoms with Gasteiger partial charge in [0.2, 0.25) is 0 Å². The Labute approximate surface area is 268 Å². The molecule has 0 bridgehead atoms. The minimum absolute atomic E-state index is 0.187. The van der Waals surface area contributed by atoms with Crippen LogP contribution in [0.5, 0.6) is 5.75 Å². The van der Waals surface area contributed by atoms with Gasteiger partial charge in [-0.2, -0.15) is 5.10 Å². The Hall–Kier alpha value is -3.90. The van der Waals surface area contributed by atoms with Crippen molar-refractivity contribution in [1.29, 1.82) is 0 Å². The number of fused-ring (bicyclic) bond motifs is 1. The van der Waals surface area contributed by atoms with E-state index < -0.39 is 0 Å². The summed E-state index contributed by atoms with van der Waals surface area (Å²) in [5.41, 5.74) is 6.83. The van der Waals surface area contributed by atoms with Gasteiger partial charge in [-0.1, -0.05) is 82.3 Å². The van der Waals surface area contributed by atoms with Crippen molar-refractivity contribution in [3.8, 4) is 16.9 Å². The van der Waals surface area contributed by atoms with Gasteiger partial charge in [-0.25, -0.2) is 0 Å². The first-order chi connectivity index (χ1) is 21.7. The molecule has 0 amide bonds. The number of hydrogen-bond acceptors (Lipinski definition) is 5. The van der Waals surface area contributed by atoms with Crippen molar-refractivity contribution in [2.24, 2.45) is 11.8 Å². The van der Waals surface area contributed by atoms with Crippen LogP contribution in [0.1, 0.15) is 87.2 Å². The van der Waals surface area contributed by atoms with Crippen LogP contribution in [-0.4, -0.2) is 40.9 Å². The number of phenols is 1. The number of carbonyl (C=O) groups is 1. The van der Waals surface area contributed by atoms with E-state index in [-0.39, 0.29) is 16.9 Å². The summed E-state index contributed by atoms with van der Waals surface area (Å²) in [6.45, 7) is 12.9. The van der Waals surface area contributed by atoms with E-state index in [0.29, 0.717) is 42.1 Å². The lowest BCUT2D eigenvalue weighted by molar-refractivity contribution is 0.0977. The van der Waals surface area contributed by atoms with Crippen molar-refractivity contribution in [3.63, 3.8) is 0 Å². The van der Waals surface area contributed by atoms with E-state index in [0.717, 1.165) is 54.8 Å². The van der Waals surface area contributed by atoms with E-state index in [9.17, 15) is 9.90 Å². The van der Waals surface area contributed by atoms with E-state index in [1.54, 1.807) is 7.11 Å². The standard InChI is InChI=1S/C39H49N3O3/c1-6-8-28(25-42-26-35-36(41-42)22-21-34(38(35)44)27(2)40-23-24-45-5)9-7-10-37(43)31-13-11-29(12-14-31)30-15-17-32(18-16-30)39(3,4)33-19-20-33/h11-18,21-22,26,28,33,40,44H,2,6-10,19-20,23-25H2,1,3-5H3. The van der Waals surface area contributed by atoms with Crippen molar-refractivity contribution in [3.05, 3.63) is 90.1 Å². The third-order valence-electron chi connectivity index (χ3n) is 9.60. The van der Waals surface area contributed by atoms with Crippen LogP contribution in [0.2, 0.25) is 0 Å². The van der Waals surface area contributed by atoms with Crippen LogP contribution in [0.3, 0.4) is 0 Å². The minimum Gasteiger partial charge on any atom is -0.506 e. The maximum Gasteiger partial charge on any atom is 0.162 e. The molecule has 0 saturated heterocycles. The molecule has 1 aromatic heterocycles. The largest absolute Gasteiger partial charge is 0.506 e. The van der Waals surface area contributed by atoms with E-state index in [4.69, 9.17) is 9.84 Å². The molecule has 1 aliphatic rings.